The van der Waals surface area contributed by atoms with Gasteiger partial charge in [-0.2, -0.15) is 36.0 Å². The molecule has 1 saturated heterocycles. The first kappa shape index (κ1) is 30.6. The van der Waals surface area contributed by atoms with Crippen LogP contribution in [0.25, 0.3) is 0 Å². The van der Waals surface area contributed by atoms with Crippen LogP contribution in [0.3, 0.4) is 0 Å². The summed E-state index contributed by atoms with van der Waals surface area (Å²) in [6.45, 7) is -0.578. The Labute approximate surface area is 251 Å². The third-order valence-electron chi connectivity index (χ3n) is 7.29. The lowest BCUT2D eigenvalue weighted by molar-refractivity contribution is -0.182. The van der Waals surface area contributed by atoms with E-state index in [1.807, 2.05) is 30.3 Å². The second-order valence-electron chi connectivity index (χ2n) is 10.1. The first-order valence-corrected chi connectivity index (χ1v) is 15.1. The quantitative estimate of drug-likeness (QED) is 0.225. The summed E-state index contributed by atoms with van der Waals surface area (Å²) in [4.78, 5) is 4.30. The number of piperidine rings is 1. The van der Waals surface area contributed by atoms with E-state index < -0.39 is 28.1 Å². The third kappa shape index (κ3) is 7.23. The van der Waals surface area contributed by atoms with Crippen LogP contribution in [0.1, 0.15) is 35.4 Å². The molecule has 0 aliphatic carbocycles. The number of hydrogen-bond donors (Lipinski definition) is 1. The molecule has 0 aromatic heterocycles. The minimum absolute atomic E-state index is 0.132. The average Bonchev–Trinajstić information content (AvgIpc) is 3.43. The second kappa shape index (κ2) is 12.4. The molecule has 5 rings (SSSR count). The van der Waals surface area contributed by atoms with Crippen molar-refractivity contribution in [1.82, 2.24) is 9.31 Å². The maximum atomic E-state index is 13.5. The third-order valence-corrected chi connectivity index (χ3v) is 8.95. The Morgan fingerprint density at radius 3 is 2.19 bits per heavy atom. The van der Waals surface area contributed by atoms with Gasteiger partial charge in [-0.1, -0.05) is 54.1 Å². The van der Waals surface area contributed by atoms with Crippen molar-refractivity contribution in [3.05, 3.63) is 106 Å². The number of hydrogen-bond acceptors (Lipinski definition) is 3. The van der Waals surface area contributed by atoms with E-state index in [0.717, 1.165) is 15.4 Å². The molecule has 3 aromatic rings. The van der Waals surface area contributed by atoms with Crippen LogP contribution in [0.15, 0.2) is 93.4 Å². The van der Waals surface area contributed by atoms with Crippen LogP contribution in [-0.2, 0) is 10.2 Å². The molecule has 1 fully saturated rings. The monoisotopic (exact) mass is 634 g/mol. The van der Waals surface area contributed by atoms with Gasteiger partial charge in [0, 0.05) is 29.6 Å². The van der Waals surface area contributed by atoms with Crippen LogP contribution < -0.4 is 5.73 Å². The zero-order valence-corrected chi connectivity index (χ0v) is 24.2. The smallest absolute Gasteiger partial charge is 0.383 e. The number of rotatable bonds is 5. The molecule has 0 radical (unpaired) electrons. The summed E-state index contributed by atoms with van der Waals surface area (Å²) in [7, 11) is -4.49. The molecule has 43 heavy (non-hydrogen) atoms. The second-order valence-corrected chi connectivity index (χ2v) is 12.2. The van der Waals surface area contributed by atoms with E-state index in [4.69, 9.17) is 22.4 Å². The number of alkyl halides is 3. The normalized spacial score (nSPS) is 19.5. The molecule has 2 N–H and O–H groups in total. The number of nitrogens with zero attached hydrogens (tertiary/aromatic N) is 5. The lowest BCUT2D eigenvalue weighted by Crippen LogP contribution is -2.42. The van der Waals surface area contributed by atoms with E-state index in [1.54, 1.807) is 24.3 Å². The van der Waals surface area contributed by atoms with Crippen LogP contribution >= 0.6 is 11.6 Å². The van der Waals surface area contributed by atoms with Crippen LogP contribution in [0.2, 0.25) is 5.02 Å². The summed E-state index contributed by atoms with van der Waals surface area (Å²) in [6, 6.07) is 21.5. The molecule has 0 bridgehead atoms. The van der Waals surface area contributed by atoms with Gasteiger partial charge >= 0.3 is 16.4 Å². The Hall–Kier alpha value is -3.81. The topological polar surface area (TPSA) is 104 Å². The van der Waals surface area contributed by atoms with Crippen molar-refractivity contribution in [2.24, 2.45) is 26.1 Å². The molecule has 0 amide bonds. The molecular formula is C29H27ClF4N6O2S. The van der Waals surface area contributed by atoms with Gasteiger partial charge in [0.1, 0.15) is 11.7 Å². The zero-order valence-electron chi connectivity index (χ0n) is 22.6. The standard InChI is InChI=1S/C29H27ClF4N6O2S/c30-23-10-6-20(7-11-23)26-25(19-4-2-1-3-5-19)18-40(37-26)28(36-27(35)21-8-12-24(31)13-9-21)38-43(41,42)39-16-14-22(15-17-39)29(32,33)34/h1-13,22,25H,14-18H2,(H2,35,36,38). The van der Waals surface area contributed by atoms with Gasteiger partial charge in [0.25, 0.3) is 5.96 Å². The van der Waals surface area contributed by atoms with Crippen molar-refractivity contribution < 1.29 is 26.0 Å². The molecule has 0 saturated carbocycles. The highest BCUT2D eigenvalue weighted by Crippen LogP contribution is 2.35. The average molecular weight is 635 g/mol. The van der Waals surface area contributed by atoms with Gasteiger partial charge in [-0.3, -0.25) is 0 Å². The molecule has 1 atom stereocenters. The fourth-order valence-electron chi connectivity index (χ4n) is 4.95. The van der Waals surface area contributed by atoms with Gasteiger partial charge in [-0.15, -0.1) is 4.40 Å². The highest BCUT2D eigenvalue weighted by atomic mass is 35.5. The summed E-state index contributed by atoms with van der Waals surface area (Å²) in [5.74, 6) is -2.97. The zero-order chi connectivity index (χ0) is 30.8. The van der Waals surface area contributed by atoms with E-state index in [9.17, 15) is 26.0 Å². The molecule has 2 aliphatic heterocycles. The predicted molar refractivity (Wildman–Crippen MR) is 158 cm³/mol. The van der Waals surface area contributed by atoms with E-state index >= 15 is 0 Å². The molecular weight excluding hydrogens is 608 g/mol. The Morgan fingerprint density at radius 2 is 1.58 bits per heavy atom. The highest BCUT2D eigenvalue weighted by molar-refractivity contribution is 7.87. The minimum atomic E-state index is -4.49. The molecule has 2 aliphatic rings. The van der Waals surface area contributed by atoms with E-state index in [2.05, 4.69) is 9.39 Å². The summed E-state index contributed by atoms with van der Waals surface area (Å²) in [5, 5.41) is 6.53. The van der Waals surface area contributed by atoms with Crippen molar-refractivity contribution in [3.8, 4) is 0 Å². The number of halogens is 5. The van der Waals surface area contributed by atoms with Crippen molar-refractivity contribution >= 4 is 39.3 Å². The van der Waals surface area contributed by atoms with Crippen molar-refractivity contribution in [2.75, 3.05) is 19.6 Å². The van der Waals surface area contributed by atoms with Crippen LogP contribution in [0.4, 0.5) is 17.6 Å². The van der Waals surface area contributed by atoms with Gasteiger partial charge in [-0.05, 0) is 60.4 Å². The van der Waals surface area contributed by atoms with E-state index in [1.165, 1.54) is 29.3 Å². The van der Waals surface area contributed by atoms with Crippen LogP contribution in [-0.4, -0.2) is 61.0 Å². The largest absolute Gasteiger partial charge is 0.391 e. The van der Waals surface area contributed by atoms with E-state index in [-0.39, 0.29) is 50.2 Å². The highest BCUT2D eigenvalue weighted by Gasteiger charge is 2.43. The Kier molecular flexibility index (Phi) is 8.86. The molecule has 3 aromatic carbocycles. The fraction of sp³-hybridized carbons (Fsp3) is 0.276. The number of guanidine groups is 1. The van der Waals surface area contributed by atoms with Gasteiger partial charge in [0.2, 0.25) is 0 Å². The maximum Gasteiger partial charge on any atom is 0.391 e. The first-order valence-electron chi connectivity index (χ1n) is 13.3. The van der Waals surface area contributed by atoms with Gasteiger partial charge in [-0.25, -0.2) is 9.40 Å². The lowest BCUT2D eigenvalue weighted by atomic mass is 9.91. The summed E-state index contributed by atoms with van der Waals surface area (Å²) in [5.41, 5.74) is 8.73. The van der Waals surface area contributed by atoms with Crippen molar-refractivity contribution in [2.45, 2.75) is 24.9 Å². The summed E-state index contributed by atoms with van der Waals surface area (Å²) < 4.78 is 84.8. The maximum absolute atomic E-state index is 13.5. The molecule has 226 valence electrons. The molecule has 0 spiro atoms. The Morgan fingerprint density at radius 1 is 0.953 bits per heavy atom. The van der Waals surface area contributed by atoms with Gasteiger partial charge in [0.15, 0.2) is 0 Å². The Balaban J connectivity index is 1.56. The Bertz CT molecular complexity index is 1640. The van der Waals surface area contributed by atoms with Crippen LogP contribution in [0, 0.1) is 11.7 Å². The van der Waals surface area contributed by atoms with Crippen molar-refractivity contribution in [1.29, 1.82) is 0 Å². The SMILES string of the molecule is N/C(=N\C(=N\S(=O)(=O)N1CCC(C(F)(F)F)CC1)N1CC(c2ccccc2)C(c2ccc(Cl)cc2)=N1)c1ccc(F)cc1. The fourth-order valence-corrected chi connectivity index (χ4v) is 6.20. The molecule has 1 unspecified atom stereocenters. The number of nitrogens with two attached hydrogens (primary N) is 1. The number of amidine groups is 1. The number of hydrazone groups is 1. The summed E-state index contributed by atoms with van der Waals surface area (Å²) in [6.07, 6.45) is -5.17. The lowest BCUT2D eigenvalue weighted by Gasteiger charge is -2.31. The molecule has 8 nitrogen and oxygen atoms in total. The van der Waals surface area contributed by atoms with Crippen molar-refractivity contribution in [3.63, 3.8) is 0 Å². The van der Waals surface area contributed by atoms with Gasteiger partial charge < -0.3 is 5.73 Å². The van der Waals surface area contributed by atoms with Gasteiger partial charge in [0.05, 0.1) is 18.2 Å². The minimum Gasteiger partial charge on any atom is -0.383 e. The molecule has 2 heterocycles. The number of aliphatic imine (C=N–C) groups is 1. The number of benzene rings is 3. The summed E-state index contributed by atoms with van der Waals surface area (Å²) >= 11 is 6.10. The van der Waals surface area contributed by atoms with E-state index in [0.29, 0.717) is 16.3 Å². The first-order chi connectivity index (χ1) is 20.4. The predicted octanol–water partition coefficient (Wildman–Crippen LogP) is 5.56. The molecule has 14 heteroatoms. The van der Waals surface area contributed by atoms with Crippen LogP contribution in [0.5, 0.6) is 0 Å².